The van der Waals surface area contributed by atoms with Crippen LogP contribution in [0, 0.1) is 5.92 Å². The molecule has 0 aromatic carbocycles. The zero-order valence-corrected chi connectivity index (χ0v) is 10.00. The molecule has 15 heavy (non-hydrogen) atoms. The predicted molar refractivity (Wildman–Crippen MR) is 61.5 cm³/mol. The van der Waals surface area contributed by atoms with Gasteiger partial charge in [-0.15, -0.1) is 0 Å². The lowest BCUT2D eigenvalue weighted by molar-refractivity contribution is 0.346. The molecule has 2 aliphatic heterocycles. The normalized spacial score (nSPS) is 33.6. The summed E-state index contributed by atoms with van der Waals surface area (Å²) in [5.74, 6) is 2.37. The Kier molecular flexibility index (Phi) is 2.17. The molecule has 2 aliphatic rings. The molecule has 3 rings (SSSR count). The van der Waals surface area contributed by atoms with Crippen LogP contribution in [0.3, 0.4) is 0 Å². The molecule has 82 valence electrons. The quantitative estimate of drug-likeness (QED) is 0.751. The topological polar surface area (TPSA) is 32.3 Å². The van der Waals surface area contributed by atoms with E-state index < -0.39 is 0 Å². The molecule has 0 amide bonds. The number of piperidine rings is 1. The predicted octanol–water partition coefficient (Wildman–Crippen LogP) is 1.02. The zero-order chi connectivity index (χ0) is 10.4. The molecule has 2 fully saturated rings. The third kappa shape index (κ3) is 1.54. The summed E-state index contributed by atoms with van der Waals surface area (Å²) in [7, 11) is 3.99. The van der Waals surface area contributed by atoms with Gasteiger partial charge in [0.15, 0.2) is 0 Å². The molecule has 2 unspecified atom stereocenters. The van der Waals surface area contributed by atoms with Gasteiger partial charge in [0.2, 0.25) is 5.95 Å². The highest BCUT2D eigenvalue weighted by Gasteiger charge is 2.40. The van der Waals surface area contributed by atoms with Gasteiger partial charge in [0.1, 0.15) is 5.01 Å². The maximum absolute atomic E-state index is 4.62. The van der Waals surface area contributed by atoms with Crippen molar-refractivity contribution in [1.29, 1.82) is 0 Å². The number of rotatable bonds is 2. The van der Waals surface area contributed by atoms with E-state index in [1.807, 2.05) is 19.0 Å². The van der Waals surface area contributed by atoms with Crippen LogP contribution in [0.5, 0.6) is 0 Å². The molecule has 4 nitrogen and oxygen atoms in total. The van der Waals surface area contributed by atoms with Crippen molar-refractivity contribution in [2.75, 3.05) is 38.6 Å². The minimum absolute atomic E-state index is 0.657. The van der Waals surface area contributed by atoms with Crippen LogP contribution in [0.4, 0.5) is 5.95 Å². The SMILES string of the molecule is CN(C)c1nsc([C@H]2CN3CCC2C3)n1. The Morgan fingerprint density at radius 2 is 2.27 bits per heavy atom. The summed E-state index contributed by atoms with van der Waals surface area (Å²) >= 11 is 1.59. The summed E-state index contributed by atoms with van der Waals surface area (Å²) in [5, 5.41) is 1.24. The van der Waals surface area contributed by atoms with Crippen LogP contribution in [-0.2, 0) is 0 Å². The van der Waals surface area contributed by atoms with Crippen LogP contribution in [0.2, 0.25) is 0 Å². The maximum atomic E-state index is 4.62. The van der Waals surface area contributed by atoms with Crippen molar-refractivity contribution in [2.45, 2.75) is 12.3 Å². The van der Waals surface area contributed by atoms with Crippen molar-refractivity contribution in [3.05, 3.63) is 5.01 Å². The van der Waals surface area contributed by atoms with Crippen LogP contribution in [-0.4, -0.2) is 48.0 Å². The molecule has 3 atom stereocenters. The molecule has 1 aromatic rings. The molecule has 2 bridgehead atoms. The third-order valence-electron chi connectivity index (χ3n) is 3.48. The van der Waals surface area contributed by atoms with Crippen LogP contribution < -0.4 is 4.90 Å². The van der Waals surface area contributed by atoms with Gasteiger partial charge in [-0.25, -0.2) is 4.98 Å². The van der Waals surface area contributed by atoms with E-state index in [4.69, 9.17) is 0 Å². The van der Waals surface area contributed by atoms with Gasteiger partial charge >= 0.3 is 0 Å². The summed E-state index contributed by atoms with van der Waals surface area (Å²) in [6.07, 6.45) is 1.35. The van der Waals surface area contributed by atoms with Gasteiger partial charge in [-0.05, 0) is 30.4 Å². The zero-order valence-electron chi connectivity index (χ0n) is 9.18. The standard InChI is InChI=1S/C10H16N4S/c1-13(2)10-11-9(15-12-10)8-6-14-4-3-7(8)5-14/h7-8H,3-6H2,1-2H3/t7?,8-/m0/s1. The fourth-order valence-electron chi connectivity index (χ4n) is 2.62. The molecule has 0 spiro atoms. The molecule has 5 heteroatoms. The molecule has 2 saturated heterocycles. The molecule has 3 heterocycles. The molecular formula is C10H16N4S. The Balaban J connectivity index is 1.81. The minimum atomic E-state index is 0.657. The monoisotopic (exact) mass is 224 g/mol. The highest BCUT2D eigenvalue weighted by Crippen LogP contribution is 2.40. The van der Waals surface area contributed by atoms with E-state index >= 15 is 0 Å². The van der Waals surface area contributed by atoms with Crippen molar-refractivity contribution in [1.82, 2.24) is 14.3 Å². The van der Waals surface area contributed by atoms with E-state index in [1.165, 1.54) is 31.1 Å². The average Bonchev–Trinajstić information content (AvgIpc) is 2.93. The lowest BCUT2D eigenvalue weighted by atomic mass is 9.93. The van der Waals surface area contributed by atoms with Gasteiger partial charge in [-0.2, -0.15) is 4.37 Å². The fraction of sp³-hybridized carbons (Fsp3) is 0.800. The number of hydrogen-bond donors (Lipinski definition) is 0. The van der Waals surface area contributed by atoms with Crippen LogP contribution in [0.1, 0.15) is 17.3 Å². The third-order valence-corrected chi connectivity index (χ3v) is 4.32. The fourth-order valence-corrected chi connectivity index (χ4v) is 3.53. The largest absolute Gasteiger partial charge is 0.346 e. The first-order valence-electron chi connectivity index (χ1n) is 5.47. The average molecular weight is 224 g/mol. The molecule has 0 saturated carbocycles. The summed E-state index contributed by atoms with van der Waals surface area (Å²) in [6.45, 7) is 3.77. The van der Waals surface area contributed by atoms with Crippen molar-refractivity contribution in [3.8, 4) is 0 Å². The highest BCUT2D eigenvalue weighted by molar-refractivity contribution is 7.05. The van der Waals surface area contributed by atoms with Crippen LogP contribution in [0.15, 0.2) is 0 Å². The number of anilines is 1. The van der Waals surface area contributed by atoms with Gasteiger partial charge in [0.05, 0.1) is 0 Å². The number of fused-ring (bicyclic) bond motifs is 2. The second-order valence-electron chi connectivity index (χ2n) is 4.74. The van der Waals surface area contributed by atoms with Crippen molar-refractivity contribution < 1.29 is 0 Å². The molecule has 1 aromatic heterocycles. The second kappa shape index (κ2) is 3.42. The number of hydrogen-bond acceptors (Lipinski definition) is 5. The number of nitrogens with zero attached hydrogens (tertiary/aromatic N) is 4. The summed E-state index contributed by atoms with van der Waals surface area (Å²) in [6, 6.07) is 0. The summed E-state index contributed by atoms with van der Waals surface area (Å²) < 4.78 is 4.38. The van der Waals surface area contributed by atoms with Gasteiger partial charge in [0.25, 0.3) is 0 Å². The van der Waals surface area contributed by atoms with Crippen molar-refractivity contribution >= 4 is 17.5 Å². The number of aromatic nitrogens is 2. The Hall–Kier alpha value is -0.680. The van der Waals surface area contributed by atoms with E-state index in [-0.39, 0.29) is 0 Å². The van der Waals surface area contributed by atoms with Gasteiger partial charge in [-0.1, -0.05) is 0 Å². The van der Waals surface area contributed by atoms with Crippen molar-refractivity contribution in [3.63, 3.8) is 0 Å². The van der Waals surface area contributed by atoms with E-state index in [9.17, 15) is 0 Å². The first kappa shape index (κ1) is 9.54. The van der Waals surface area contributed by atoms with Crippen LogP contribution in [0.25, 0.3) is 0 Å². The molecule has 0 N–H and O–H groups in total. The summed E-state index contributed by atoms with van der Waals surface area (Å²) in [5.41, 5.74) is 0. The van der Waals surface area contributed by atoms with Crippen LogP contribution >= 0.6 is 11.5 Å². The van der Waals surface area contributed by atoms with Gasteiger partial charge < -0.3 is 9.80 Å². The van der Waals surface area contributed by atoms with Gasteiger partial charge in [0, 0.05) is 33.1 Å². The van der Waals surface area contributed by atoms with E-state index in [0.717, 1.165) is 11.9 Å². The van der Waals surface area contributed by atoms with E-state index in [0.29, 0.717) is 5.92 Å². The lowest BCUT2D eigenvalue weighted by Crippen LogP contribution is -2.22. The smallest absolute Gasteiger partial charge is 0.236 e. The highest BCUT2D eigenvalue weighted by atomic mass is 32.1. The molecular weight excluding hydrogens is 208 g/mol. The Morgan fingerprint density at radius 1 is 1.40 bits per heavy atom. The van der Waals surface area contributed by atoms with Crippen molar-refractivity contribution in [2.24, 2.45) is 5.92 Å². The lowest BCUT2D eigenvalue weighted by Gasteiger charge is -2.19. The summed E-state index contributed by atoms with van der Waals surface area (Å²) in [4.78, 5) is 9.14. The first-order chi connectivity index (χ1) is 7.24. The first-order valence-corrected chi connectivity index (χ1v) is 6.24. The Bertz CT molecular complexity index is 362. The molecule has 0 radical (unpaired) electrons. The molecule has 0 aliphatic carbocycles. The van der Waals surface area contributed by atoms with Gasteiger partial charge in [-0.3, -0.25) is 0 Å². The maximum Gasteiger partial charge on any atom is 0.236 e. The minimum Gasteiger partial charge on any atom is -0.346 e. The van der Waals surface area contributed by atoms with E-state index in [2.05, 4.69) is 14.3 Å². The Labute approximate surface area is 94.1 Å². The van der Waals surface area contributed by atoms with E-state index in [1.54, 1.807) is 11.5 Å². The Morgan fingerprint density at radius 3 is 2.80 bits per heavy atom. The second-order valence-corrected chi connectivity index (χ2v) is 5.53.